The Kier molecular flexibility index (Phi) is 5.18. The van der Waals surface area contributed by atoms with Crippen molar-refractivity contribution in [2.45, 2.75) is 25.4 Å². The molecule has 1 atom stereocenters. The Morgan fingerprint density at radius 1 is 1.26 bits per heavy atom. The number of ether oxygens (including phenoxy) is 1. The van der Waals surface area contributed by atoms with Crippen molar-refractivity contribution in [2.75, 3.05) is 20.2 Å². The second-order valence-corrected chi connectivity index (χ2v) is 6.89. The molecule has 23 heavy (non-hydrogen) atoms. The van der Waals surface area contributed by atoms with Gasteiger partial charge >= 0.3 is 0 Å². The zero-order valence-corrected chi connectivity index (χ0v) is 14.8. The van der Waals surface area contributed by atoms with Crippen LogP contribution in [0.4, 0.5) is 0 Å². The van der Waals surface area contributed by atoms with Gasteiger partial charge in [0, 0.05) is 35.9 Å². The summed E-state index contributed by atoms with van der Waals surface area (Å²) in [6, 6.07) is 12.0. The van der Waals surface area contributed by atoms with Crippen molar-refractivity contribution < 1.29 is 4.74 Å². The molecule has 3 rings (SSSR count). The minimum Gasteiger partial charge on any atom is -0.497 e. The summed E-state index contributed by atoms with van der Waals surface area (Å²) in [6.45, 7) is 2.90. The highest BCUT2D eigenvalue weighted by Crippen LogP contribution is 2.22. The Labute approximate surface area is 144 Å². The Bertz CT molecular complexity index is 712. The molecule has 0 N–H and O–H groups in total. The molecular formula is C18H21BrN2O2. The third kappa shape index (κ3) is 4.03. The van der Waals surface area contributed by atoms with Gasteiger partial charge in [0.05, 0.1) is 7.11 Å². The number of methoxy groups -OCH3 is 1. The summed E-state index contributed by atoms with van der Waals surface area (Å²) in [4.78, 5) is 14.6. The van der Waals surface area contributed by atoms with Crippen LogP contribution < -0.4 is 10.3 Å². The maximum atomic E-state index is 12.2. The Hall–Kier alpha value is -1.59. The van der Waals surface area contributed by atoms with E-state index in [9.17, 15) is 4.79 Å². The van der Waals surface area contributed by atoms with Crippen LogP contribution in [-0.4, -0.2) is 29.7 Å². The smallest absolute Gasteiger partial charge is 0.251 e. The molecule has 0 bridgehead atoms. The van der Waals surface area contributed by atoms with Gasteiger partial charge in [0.15, 0.2) is 0 Å². The van der Waals surface area contributed by atoms with E-state index in [0.29, 0.717) is 0 Å². The normalized spacial score (nSPS) is 18.8. The van der Waals surface area contributed by atoms with Gasteiger partial charge in [-0.25, -0.2) is 0 Å². The number of rotatable bonds is 4. The fraction of sp³-hybridized carbons (Fsp3) is 0.389. The molecule has 0 amide bonds. The van der Waals surface area contributed by atoms with Gasteiger partial charge in [-0.05, 0) is 43.1 Å². The van der Waals surface area contributed by atoms with Gasteiger partial charge in [-0.1, -0.05) is 28.1 Å². The third-order valence-corrected chi connectivity index (χ3v) is 4.84. The maximum Gasteiger partial charge on any atom is 0.251 e. The lowest BCUT2D eigenvalue weighted by Gasteiger charge is -2.33. The SMILES string of the molecule is COc1ccc(CN2CCCC(n3ccc(Br)cc3=O)C2)cc1. The minimum atomic E-state index is 0.0654. The molecule has 0 saturated carbocycles. The van der Waals surface area contributed by atoms with Crippen LogP contribution in [0, 0.1) is 0 Å². The fourth-order valence-electron chi connectivity index (χ4n) is 3.16. The molecule has 1 aromatic carbocycles. The number of hydrogen-bond acceptors (Lipinski definition) is 3. The van der Waals surface area contributed by atoms with Crippen molar-refractivity contribution in [3.05, 3.63) is 63.0 Å². The number of benzene rings is 1. The average Bonchev–Trinajstić information content (AvgIpc) is 2.56. The minimum absolute atomic E-state index is 0.0654. The Morgan fingerprint density at radius 3 is 2.74 bits per heavy atom. The lowest BCUT2D eigenvalue weighted by molar-refractivity contribution is 0.168. The molecule has 1 aliphatic heterocycles. The van der Waals surface area contributed by atoms with Crippen LogP contribution in [0.1, 0.15) is 24.4 Å². The van der Waals surface area contributed by atoms with E-state index in [0.717, 1.165) is 42.7 Å². The number of nitrogens with zero attached hydrogens (tertiary/aromatic N) is 2. The van der Waals surface area contributed by atoms with E-state index in [1.54, 1.807) is 13.2 Å². The van der Waals surface area contributed by atoms with E-state index >= 15 is 0 Å². The van der Waals surface area contributed by atoms with Crippen molar-refractivity contribution in [1.82, 2.24) is 9.47 Å². The van der Waals surface area contributed by atoms with E-state index in [1.807, 2.05) is 29.0 Å². The summed E-state index contributed by atoms with van der Waals surface area (Å²) in [5, 5.41) is 0. The first-order valence-electron chi connectivity index (χ1n) is 7.88. The highest BCUT2D eigenvalue weighted by Gasteiger charge is 2.21. The van der Waals surface area contributed by atoms with E-state index in [2.05, 4.69) is 33.0 Å². The predicted molar refractivity (Wildman–Crippen MR) is 94.9 cm³/mol. The van der Waals surface area contributed by atoms with Crippen LogP contribution in [-0.2, 0) is 6.54 Å². The van der Waals surface area contributed by atoms with Crippen LogP contribution in [0.2, 0.25) is 0 Å². The third-order valence-electron chi connectivity index (χ3n) is 4.35. The monoisotopic (exact) mass is 376 g/mol. The Balaban J connectivity index is 1.69. The number of piperidine rings is 1. The van der Waals surface area contributed by atoms with Crippen molar-refractivity contribution in [3.63, 3.8) is 0 Å². The number of likely N-dealkylation sites (tertiary alicyclic amines) is 1. The summed E-state index contributed by atoms with van der Waals surface area (Å²) in [5.74, 6) is 0.881. The van der Waals surface area contributed by atoms with Crippen molar-refractivity contribution in [3.8, 4) is 5.75 Å². The summed E-state index contributed by atoms with van der Waals surface area (Å²) >= 11 is 3.35. The van der Waals surface area contributed by atoms with Gasteiger partial charge in [0.25, 0.3) is 5.56 Å². The summed E-state index contributed by atoms with van der Waals surface area (Å²) in [5.41, 5.74) is 1.34. The fourth-order valence-corrected chi connectivity index (χ4v) is 3.47. The van der Waals surface area contributed by atoms with E-state index in [1.165, 1.54) is 5.56 Å². The summed E-state index contributed by atoms with van der Waals surface area (Å²) in [6.07, 6.45) is 4.07. The number of pyridine rings is 1. The molecule has 122 valence electrons. The molecular weight excluding hydrogens is 356 g/mol. The Morgan fingerprint density at radius 2 is 2.04 bits per heavy atom. The van der Waals surface area contributed by atoms with Crippen LogP contribution in [0.5, 0.6) is 5.75 Å². The van der Waals surface area contributed by atoms with Crippen molar-refractivity contribution >= 4 is 15.9 Å². The molecule has 1 saturated heterocycles. The lowest BCUT2D eigenvalue weighted by Crippen LogP contribution is -2.39. The van der Waals surface area contributed by atoms with Crippen LogP contribution >= 0.6 is 15.9 Å². The highest BCUT2D eigenvalue weighted by molar-refractivity contribution is 9.10. The first kappa shape index (κ1) is 16.3. The molecule has 0 radical (unpaired) electrons. The molecule has 0 aliphatic carbocycles. The molecule has 1 unspecified atom stereocenters. The van der Waals surface area contributed by atoms with Crippen LogP contribution in [0.25, 0.3) is 0 Å². The maximum absolute atomic E-state index is 12.2. The van der Waals surface area contributed by atoms with Gasteiger partial charge in [0.1, 0.15) is 5.75 Å². The van der Waals surface area contributed by atoms with Gasteiger partial charge in [-0.3, -0.25) is 9.69 Å². The predicted octanol–water partition coefficient (Wildman–Crippen LogP) is 3.46. The van der Waals surface area contributed by atoms with Gasteiger partial charge in [-0.2, -0.15) is 0 Å². The number of halogens is 1. The van der Waals surface area contributed by atoms with Gasteiger partial charge in [-0.15, -0.1) is 0 Å². The molecule has 5 heteroatoms. The zero-order valence-electron chi connectivity index (χ0n) is 13.2. The lowest BCUT2D eigenvalue weighted by atomic mass is 10.0. The first-order valence-corrected chi connectivity index (χ1v) is 8.68. The number of aromatic nitrogens is 1. The highest BCUT2D eigenvalue weighted by atomic mass is 79.9. The van der Waals surface area contributed by atoms with E-state index in [4.69, 9.17) is 4.74 Å². The van der Waals surface area contributed by atoms with Crippen LogP contribution in [0.3, 0.4) is 0 Å². The summed E-state index contributed by atoms with van der Waals surface area (Å²) < 4.78 is 7.91. The second-order valence-electron chi connectivity index (χ2n) is 5.97. The van der Waals surface area contributed by atoms with E-state index in [-0.39, 0.29) is 11.6 Å². The van der Waals surface area contributed by atoms with E-state index < -0.39 is 0 Å². The molecule has 0 spiro atoms. The summed E-state index contributed by atoms with van der Waals surface area (Å²) in [7, 11) is 1.68. The standard InChI is InChI=1S/C18H21BrN2O2/c1-23-17-6-4-14(5-7-17)12-20-9-2-3-16(13-20)21-10-8-15(19)11-18(21)22/h4-8,10-11,16H,2-3,9,12-13H2,1H3. The van der Waals surface area contributed by atoms with Gasteiger partial charge in [0.2, 0.25) is 0 Å². The topological polar surface area (TPSA) is 34.5 Å². The zero-order chi connectivity index (χ0) is 16.2. The average molecular weight is 377 g/mol. The molecule has 2 heterocycles. The molecule has 1 aromatic heterocycles. The molecule has 1 aliphatic rings. The second kappa shape index (κ2) is 7.32. The largest absolute Gasteiger partial charge is 0.497 e. The van der Waals surface area contributed by atoms with Crippen molar-refractivity contribution in [2.24, 2.45) is 0 Å². The van der Waals surface area contributed by atoms with Gasteiger partial charge < -0.3 is 9.30 Å². The number of hydrogen-bond donors (Lipinski definition) is 0. The molecule has 1 fully saturated rings. The van der Waals surface area contributed by atoms with Crippen molar-refractivity contribution in [1.29, 1.82) is 0 Å². The molecule has 2 aromatic rings. The quantitative estimate of drug-likeness (QED) is 0.819. The molecule has 4 nitrogen and oxygen atoms in total. The van der Waals surface area contributed by atoms with Crippen LogP contribution in [0.15, 0.2) is 51.9 Å². The first-order chi connectivity index (χ1) is 11.2.